The van der Waals surface area contributed by atoms with Gasteiger partial charge in [0, 0.05) is 24.9 Å². The molecule has 1 N–H and O–H groups in total. The number of rotatable bonds is 5. The van der Waals surface area contributed by atoms with Crippen molar-refractivity contribution >= 4 is 11.1 Å². The highest BCUT2D eigenvalue weighted by molar-refractivity contribution is 8.14. The summed E-state index contributed by atoms with van der Waals surface area (Å²) in [6, 6.07) is 6.07. The SMILES string of the molecule is CC[SH](C)NCCc1ccccn1. The second-order valence-corrected chi connectivity index (χ2v) is 5.34. The zero-order chi connectivity index (χ0) is 9.52. The third-order valence-electron chi connectivity index (χ3n) is 1.96. The minimum Gasteiger partial charge on any atom is -0.283 e. The highest BCUT2D eigenvalue weighted by atomic mass is 32.2. The van der Waals surface area contributed by atoms with E-state index in [0.717, 1.165) is 13.0 Å². The molecular weight excluding hydrogens is 180 g/mol. The Hall–Kier alpha value is -0.540. The minimum absolute atomic E-state index is 0.0476. The first-order chi connectivity index (χ1) is 6.33. The lowest BCUT2D eigenvalue weighted by Crippen LogP contribution is -2.14. The molecule has 0 saturated heterocycles. The van der Waals surface area contributed by atoms with Crippen molar-refractivity contribution in [3.63, 3.8) is 0 Å². The van der Waals surface area contributed by atoms with Gasteiger partial charge in [-0.15, -0.1) is 0 Å². The van der Waals surface area contributed by atoms with E-state index < -0.39 is 0 Å². The van der Waals surface area contributed by atoms with E-state index in [4.69, 9.17) is 0 Å². The molecule has 74 valence electrons. The second-order valence-electron chi connectivity index (χ2n) is 2.99. The second kappa shape index (κ2) is 6.00. The van der Waals surface area contributed by atoms with Gasteiger partial charge in [-0.1, -0.05) is 13.0 Å². The molecule has 0 bridgehead atoms. The average molecular weight is 198 g/mol. The van der Waals surface area contributed by atoms with Crippen LogP contribution in [0.3, 0.4) is 0 Å². The Morgan fingerprint density at radius 3 is 2.92 bits per heavy atom. The Morgan fingerprint density at radius 1 is 1.46 bits per heavy atom. The van der Waals surface area contributed by atoms with Gasteiger partial charge < -0.3 is 0 Å². The molecule has 0 radical (unpaired) electrons. The molecule has 0 saturated carbocycles. The minimum atomic E-state index is 0.0476. The zero-order valence-corrected chi connectivity index (χ0v) is 9.22. The lowest BCUT2D eigenvalue weighted by Gasteiger charge is -2.14. The lowest BCUT2D eigenvalue weighted by molar-refractivity contribution is 0.872. The predicted octanol–water partition coefficient (Wildman–Crippen LogP) is 1.78. The molecule has 0 amide bonds. The quantitative estimate of drug-likeness (QED) is 0.705. The molecule has 1 atom stereocenters. The molecule has 0 aromatic carbocycles. The van der Waals surface area contributed by atoms with E-state index in [-0.39, 0.29) is 11.1 Å². The van der Waals surface area contributed by atoms with Gasteiger partial charge in [-0.25, -0.2) is 11.1 Å². The summed E-state index contributed by atoms with van der Waals surface area (Å²) in [6.07, 6.45) is 5.16. The van der Waals surface area contributed by atoms with Gasteiger partial charge in [0.05, 0.1) is 0 Å². The molecule has 3 heteroatoms. The lowest BCUT2D eigenvalue weighted by atomic mass is 10.3. The molecule has 1 heterocycles. The fraction of sp³-hybridized carbons (Fsp3) is 0.500. The molecule has 1 rings (SSSR count). The van der Waals surface area contributed by atoms with Crippen molar-refractivity contribution in [3.8, 4) is 0 Å². The Balaban J connectivity index is 2.20. The largest absolute Gasteiger partial charge is 0.283 e. The van der Waals surface area contributed by atoms with E-state index in [0.29, 0.717) is 0 Å². The van der Waals surface area contributed by atoms with E-state index in [2.05, 4.69) is 29.0 Å². The molecule has 0 aliphatic heterocycles. The van der Waals surface area contributed by atoms with Crippen molar-refractivity contribution in [1.82, 2.24) is 9.71 Å². The number of pyridine rings is 1. The first-order valence-corrected chi connectivity index (χ1v) is 6.65. The molecule has 0 aliphatic carbocycles. The van der Waals surface area contributed by atoms with Gasteiger partial charge in [-0.3, -0.25) is 9.71 Å². The van der Waals surface area contributed by atoms with Gasteiger partial charge in [-0.2, -0.15) is 0 Å². The van der Waals surface area contributed by atoms with E-state index >= 15 is 0 Å². The molecule has 13 heavy (non-hydrogen) atoms. The molecular formula is C10H18N2S. The molecule has 1 aromatic heterocycles. The van der Waals surface area contributed by atoms with Crippen LogP contribution in [0, 0.1) is 0 Å². The summed E-state index contributed by atoms with van der Waals surface area (Å²) in [5.74, 6) is 1.25. The first kappa shape index (κ1) is 10.5. The average Bonchev–Trinajstić information content (AvgIpc) is 2.19. The number of nitrogens with zero attached hydrogens (tertiary/aromatic N) is 1. The van der Waals surface area contributed by atoms with Crippen molar-refractivity contribution in [2.45, 2.75) is 13.3 Å². The molecule has 1 aromatic rings. The van der Waals surface area contributed by atoms with Crippen LogP contribution in [0.1, 0.15) is 12.6 Å². The third kappa shape index (κ3) is 4.29. The standard InChI is InChI=1S/C10H18N2S/c1-3-13(2)12-9-7-10-6-4-5-8-11-10/h4-6,8,12-13H,3,7,9H2,1-2H3. The van der Waals surface area contributed by atoms with Crippen LogP contribution >= 0.6 is 11.1 Å². The van der Waals surface area contributed by atoms with Gasteiger partial charge in [0.15, 0.2) is 0 Å². The zero-order valence-electron chi connectivity index (χ0n) is 8.33. The van der Waals surface area contributed by atoms with Crippen LogP contribution in [-0.4, -0.2) is 23.5 Å². The van der Waals surface area contributed by atoms with Crippen molar-refractivity contribution in [2.24, 2.45) is 0 Å². The molecule has 1 unspecified atom stereocenters. The highest BCUT2D eigenvalue weighted by Crippen LogP contribution is 2.11. The van der Waals surface area contributed by atoms with Crippen molar-refractivity contribution in [2.75, 3.05) is 18.6 Å². The summed E-state index contributed by atoms with van der Waals surface area (Å²) in [7, 11) is 0. The Labute approximate surface area is 83.3 Å². The van der Waals surface area contributed by atoms with Gasteiger partial charge in [0.1, 0.15) is 0 Å². The monoisotopic (exact) mass is 198 g/mol. The molecule has 0 aliphatic rings. The Bertz CT molecular complexity index is 226. The van der Waals surface area contributed by atoms with Crippen LogP contribution in [-0.2, 0) is 6.42 Å². The molecule has 0 fully saturated rings. The smallest absolute Gasteiger partial charge is 0.0416 e. The fourth-order valence-electron chi connectivity index (χ4n) is 1.03. The number of nitrogens with one attached hydrogen (secondary N) is 1. The Kier molecular flexibility index (Phi) is 4.86. The van der Waals surface area contributed by atoms with Crippen LogP contribution < -0.4 is 4.72 Å². The Morgan fingerprint density at radius 2 is 2.31 bits per heavy atom. The number of hydrogen-bond acceptors (Lipinski definition) is 2. The summed E-state index contributed by atoms with van der Waals surface area (Å²) in [5, 5.41) is 0. The van der Waals surface area contributed by atoms with Crippen LogP contribution in [0.2, 0.25) is 0 Å². The topological polar surface area (TPSA) is 24.9 Å². The van der Waals surface area contributed by atoms with Gasteiger partial charge >= 0.3 is 0 Å². The highest BCUT2D eigenvalue weighted by Gasteiger charge is 1.94. The van der Waals surface area contributed by atoms with Crippen LogP contribution in [0.4, 0.5) is 0 Å². The van der Waals surface area contributed by atoms with Crippen LogP contribution in [0.15, 0.2) is 24.4 Å². The molecule has 0 spiro atoms. The van der Waals surface area contributed by atoms with E-state index in [1.165, 1.54) is 11.4 Å². The summed E-state index contributed by atoms with van der Waals surface area (Å²) < 4.78 is 3.51. The van der Waals surface area contributed by atoms with Crippen LogP contribution in [0.25, 0.3) is 0 Å². The van der Waals surface area contributed by atoms with E-state index in [9.17, 15) is 0 Å². The van der Waals surface area contributed by atoms with Crippen molar-refractivity contribution in [1.29, 1.82) is 0 Å². The number of thiol groups is 1. The van der Waals surface area contributed by atoms with Crippen molar-refractivity contribution in [3.05, 3.63) is 30.1 Å². The third-order valence-corrected chi connectivity index (χ3v) is 3.68. The van der Waals surface area contributed by atoms with Gasteiger partial charge in [-0.05, 0) is 24.1 Å². The van der Waals surface area contributed by atoms with Crippen LogP contribution in [0.5, 0.6) is 0 Å². The normalized spacial score (nSPS) is 14.2. The summed E-state index contributed by atoms with van der Waals surface area (Å²) in [4.78, 5) is 4.27. The summed E-state index contributed by atoms with van der Waals surface area (Å²) in [6.45, 7) is 3.27. The van der Waals surface area contributed by atoms with E-state index in [1.54, 1.807) is 0 Å². The molecule has 2 nitrogen and oxygen atoms in total. The summed E-state index contributed by atoms with van der Waals surface area (Å²) in [5.41, 5.74) is 1.18. The maximum Gasteiger partial charge on any atom is 0.0416 e. The van der Waals surface area contributed by atoms with E-state index in [1.807, 2.05) is 18.3 Å². The number of aromatic nitrogens is 1. The fourth-order valence-corrected chi connectivity index (χ4v) is 1.75. The summed E-state index contributed by atoms with van der Waals surface area (Å²) >= 11 is 0.0476. The number of hydrogen-bond donors (Lipinski definition) is 2. The van der Waals surface area contributed by atoms with Crippen molar-refractivity contribution < 1.29 is 0 Å². The predicted molar refractivity (Wildman–Crippen MR) is 61.4 cm³/mol. The van der Waals surface area contributed by atoms with Gasteiger partial charge in [0.2, 0.25) is 0 Å². The van der Waals surface area contributed by atoms with Gasteiger partial charge in [0.25, 0.3) is 0 Å². The maximum atomic E-state index is 4.27. The first-order valence-electron chi connectivity index (χ1n) is 4.67. The maximum absolute atomic E-state index is 4.27.